The molecule has 1 aromatic carbocycles. The summed E-state index contributed by atoms with van der Waals surface area (Å²) in [5, 5.41) is 12.5. The average molecular weight is 243 g/mol. The first-order valence-electron chi connectivity index (χ1n) is 6.64. The molecular weight excluding hydrogens is 222 g/mol. The number of rotatable bonds is 4. The van der Waals surface area contributed by atoms with Gasteiger partial charge in [-0.3, -0.25) is 10.2 Å². The summed E-state index contributed by atoms with van der Waals surface area (Å²) >= 11 is 0. The highest BCUT2D eigenvalue weighted by atomic mass is 15.2. The maximum Gasteiger partial charge on any atom is 0.108 e. The van der Waals surface area contributed by atoms with Gasteiger partial charge in [0, 0.05) is 25.7 Å². The Balaban J connectivity index is 1.95. The van der Waals surface area contributed by atoms with E-state index in [9.17, 15) is 0 Å². The Kier molecular flexibility index (Phi) is 4.35. The number of nitrogens with one attached hydrogen (secondary N) is 1. The van der Waals surface area contributed by atoms with E-state index in [2.05, 4.69) is 54.4 Å². The molecule has 0 bridgehead atoms. The summed E-state index contributed by atoms with van der Waals surface area (Å²) in [6.45, 7) is 6.98. The van der Waals surface area contributed by atoms with Crippen molar-refractivity contribution in [1.82, 2.24) is 10.2 Å². The van der Waals surface area contributed by atoms with E-state index in [1.54, 1.807) is 0 Å². The summed E-state index contributed by atoms with van der Waals surface area (Å²) in [4.78, 5) is 2.37. The Bertz CT molecular complexity index is 434. The molecular formula is C15H21N3. The third-order valence-electron chi connectivity index (χ3n) is 3.34. The molecule has 1 unspecified atom stereocenters. The Morgan fingerprint density at radius 1 is 1.33 bits per heavy atom. The fraction of sp³-hybridized carbons (Fsp3) is 0.533. The van der Waals surface area contributed by atoms with E-state index in [0.717, 1.165) is 26.1 Å². The van der Waals surface area contributed by atoms with E-state index in [1.807, 2.05) is 0 Å². The van der Waals surface area contributed by atoms with Crippen molar-refractivity contribution in [3.8, 4) is 6.07 Å². The van der Waals surface area contributed by atoms with Gasteiger partial charge in [0.25, 0.3) is 0 Å². The van der Waals surface area contributed by atoms with Gasteiger partial charge >= 0.3 is 0 Å². The average Bonchev–Trinajstić information content (AvgIpc) is 2.37. The van der Waals surface area contributed by atoms with Crippen molar-refractivity contribution in [2.45, 2.75) is 38.9 Å². The van der Waals surface area contributed by atoms with Gasteiger partial charge in [0.2, 0.25) is 0 Å². The molecule has 0 saturated carbocycles. The summed E-state index contributed by atoms with van der Waals surface area (Å²) in [6.07, 6.45) is 1.09. The molecule has 0 amide bonds. The Hall–Kier alpha value is -1.37. The van der Waals surface area contributed by atoms with Crippen molar-refractivity contribution in [3.63, 3.8) is 0 Å². The van der Waals surface area contributed by atoms with E-state index >= 15 is 0 Å². The zero-order valence-electron chi connectivity index (χ0n) is 11.2. The van der Waals surface area contributed by atoms with Crippen LogP contribution in [0.4, 0.5) is 0 Å². The van der Waals surface area contributed by atoms with Gasteiger partial charge in [-0.1, -0.05) is 24.3 Å². The lowest BCUT2D eigenvalue weighted by Gasteiger charge is -2.30. The fourth-order valence-corrected chi connectivity index (χ4v) is 2.50. The van der Waals surface area contributed by atoms with Gasteiger partial charge in [0.05, 0.1) is 6.07 Å². The Morgan fingerprint density at radius 2 is 2.06 bits per heavy atom. The first kappa shape index (κ1) is 13.1. The standard InChI is InChI=1S/C15H21N3/c1-12(2)17-15(9-16)11-18-8-7-13-5-3-4-6-14(13)10-18/h3-6,12,15,17H,7-8,10-11H2,1-2H3. The highest BCUT2D eigenvalue weighted by molar-refractivity contribution is 5.29. The van der Waals surface area contributed by atoms with Gasteiger partial charge in [-0.25, -0.2) is 0 Å². The Morgan fingerprint density at radius 3 is 2.72 bits per heavy atom. The second kappa shape index (κ2) is 5.99. The summed E-state index contributed by atoms with van der Waals surface area (Å²) in [7, 11) is 0. The first-order valence-corrected chi connectivity index (χ1v) is 6.64. The summed E-state index contributed by atoms with van der Waals surface area (Å²) < 4.78 is 0. The fourth-order valence-electron chi connectivity index (χ4n) is 2.50. The molecule has 1 aliphatic heterocycles. The van der Waals surface area contributed by atoms with Crippen molar-refractivity contribution in [2.75, 3.05) is 13.1 Å². The molecule has 0 aliphatic carbocycles. The third-order valence-corrected chi connectivity index (χ3v) is 3.34. The summed E-state index contributed by atoms with van der Waals surface area (Å²) in [5.41, 5.74) is 2.86. The maximum atomic E-state index is 9.16. The summed E-state index contributed by atoms with van der Waals surface area (Å²) in [5.74, 6) is 0. The van der Waals surface area contributed by atoms with Gasteiger partial charge in [0.1, 0.15) is 6.04 Å². The van der Waals surface area contributed by atoms with Crippen molar-refractivity contribution < 1.29 is 0 Å². The van der Waals surface area contributed by atoms with Crippen LogP contribution in [-0.2, 0) is 13.0 Å². The van der Waals surface area contributed by atoms with Crippen LogP contribution in [0, 0.1) is 11.3 Å². The number of benzene rings is 1. The number of nitriles is 1. The van der Waals surface area contributed by atoms with E-state index in [1.165, 1.54) is 11.1 Å². The van der Waals surface area contributed by atoms with Crippen LogP contribution in [0.2, 0.25) is 0 Å². The quantitative estimate of drug-likeness (QED) is 0.878. The largest absolute Gasteiger partial charge is 0.299 e. The van der Waals surface area contributed by atoms with Crippen molar-refractivity contribution in [3.05, 3.63) is 35.4 Å². The van der Waals surface area contributed by atoms with Crippen LogP contribution in [0.3, 0.4) is 0 Å². The van der Waals surface area contributed by atoms with Crippen LogP contribution in [0.15, 0.2) is 24.3 Å². The number of nitrogens with zero attached hydrogens (tertiary/aromatic N) is 2. The molecule has 0 saturated heterocycles. The number of hydrogen-bond donors (Lipinski definition) is 1. The lowest BCUT2D eigenvalue weighted by molar-refractivity contribution is 0.236. The lowest BCUT2D eigenvalue weighted by atomic mass is 9.99. The molecule has 18 heavy (non-hydrogen) atoms. The van der Waals surface area contributed by atoms with E-state index in [4.69, 9.17) is 5.26 Å². The normalized spacial score (nSPS) is 17.2. The van der Waals surface area contributed by atoms with Crippen LogP contribution in [0.1, 0.15) is 25.0 Å². The highest BCUT2D eigenvalue weighted by Crippen LogP contribution is 2.18. The zero-order valence-corrected chi connectivity index (χ0v) is 11.2. The molecule has 1 aromatic rings. The van der Waals surface area contributed by atoms with Crippen molar-refractivity contribution >= 4 is 0 Å². The number of hydrogen-bond acceptors (Lipinski definition) is 3. The first-order chi connectivity index (χ1) is 8.69. The molecule has 1 N–H and O–H groups in total. The SMILES string of the molecule is CC(C)NC(C#N)CN1CCc2ccccc2C1. The van der Waals surface area contributed by atoms with Crippen molar-refractivity contribution in [2.24, 2.45) is 0 Å². The second-order valence-electron chi connectivity index (χ2n) is 5.26. The van der Waals surface area contributed by atoms with Crippen molar-refractivity contribution in [1.29, 1.82) is 5.26 Å². The van der Waals surface area contributed by atoms with Gasteiger partial charge in [0.15, 0.2) is 0 Å². The predicted molar refractivity (Wildman–Crippen MR) is 73.1 cm³/mol. The molecule has 3 nitrogen and oxygen atoms in total. The minimum atomic E-state index is -0.0738. The minimum absolute atomic E-state index is 0.0738. The lowest BCUT2D eigenvalue weighted by Crippen LogP contribution is -2.44. The minimum Gasteiger partial charge on any atom is -0.299 e. The maximum absolute atomic E-state index is 9.16. The van der Waals surface area contributed by atoms with Gasteiger partial charge in [-0.2, -0.15) is 5.26 Å². The smallest absolute Gasteiger partial charge is 0.108 e. The molecule has 1 atom stereocenters. The van der Waals surface area contributed by atoms with Gasteiger partial charge in [-0.05, 0) is 31.4 Å². The molecule has 0 radical (unpaired) electrons. The Labute approximate surface area is 109 Å². The highest BCUT2D eigenvalue weighted by Gasteiger charge is 2.19. The van der Waals surface area contributed by atoms with Crippen LogP contribution in [0.25, 0.3) is 0 Å². The van der Waals surface area contributed by atoms with Crippen LogP contribution in [0.5, 0.6) is 0 Å². The molecule has 0 spiro atoms. The van der Waals surface area contributed by atoms with E-state index in [0.29, 0.717) is 6.04 Å². The summed E-state index contributed by atoms with van der Waals surface area (Å²) in [6, 6.07) is 11.2. The molecule has 0 aromatic heterocycles. The third kappa shape index (κ3) is 3.32. The topological polar surface area (TPSA) is 39.1 Å². The van der Waals surface area contributed by atoms with E-state index < -0.39 is 0 Å². The van der Waals surface area contributed by atoms with Crippen LogP contribution >= 0.6 is 0 Å². The predicted octanol–water partition coefficient (Wildman–Crippen LogP) is 1.93. The molecule has 1 heterocycles. The second-order valence-corrected chi connectivity index (χ2v) is 5.26. The van der Waals surface area contributed by atoms with E-state index in [-0.39, 0.29) is 6.04 Å². The number of fused-ring (bicyclic) bond motifs is 1. The molecule has 96 valence electrons. The molecule has 2 rings (SSSR count). The van der Waals surface area contributed by atoms with Crippen LogP contribution < -0.4 is 5.32 Å². The van der Waals surface area contributed by atoms with Gasteiger partial charge in [-0.15, -0.1) is 0 Å². The van der Waals surface area contributed by atoms with Crippen LogP contribution in [-0.4, -0.2) is 30.1 Å². The molecule has 3 heteroatoms. The molecule has 1 aliphatic rings. The molecule has 0 fully saturated rings. The zero-order chi connectivity index (χ0) is 13.0. The monoisotopic (exact) mass is 243 g/mol. The van der Waals surface area contributed by atoms with Gasteiger partial charge < -0.3 is 0 Å².